The van der Waals surface area contributed by atoms with E-state index in [1.165, 1.54) is 22.0 Å². The average molecular weight is 795 g/mol. The summed E-state index contributed by atoms with van der Waals surface area (Å²) in [6.07, 6.45) is 0.829. The molecule has 12 rings (SSSR count). The van der Waals surface area contributed by atoms with Crippen LogP contribution in [0.5, 0.6) is 11.5 Å². The second-order valence-electron chi connectivity index (χ2n) is 17.6. The molecule has 7 heteroatoms. The molecule has 3 aliphatic heterocycles. The molecule has 0 saturated heterocycles. The van der Waals surface area contributed by atoms with Crippen molar-refractivity contribution < 1.29 is 18.3 Å². The highest BCUT2D eigenvalue weighted by atomic mass is 16.5. The molecule has 0 radical (unpaired) electrons. The Balaban J connectivity index is 1.12. The van der Waals surface area contributed by atoms with Gasteiger partial charge in [-0.05, 0) is 131 Å². The lowest BCUT2D eigenvalue weighted by atomic mass is 9.33. The van der Waals surface area contributed by atoms with Gasteiger partial charge in [0.15, 0.2) is 11.5 Å². The summed E-state index contributed by atoms with van der Waals surface area (Å²) in [5, 5.41) is 2.18. The summed E-state index contributed by atoms with van der Waals surface area (Å²) in [5.74, 6) is 3.26. The van der Waals surface area contributed by atoms with E-state index in [-0.39, 0.29) is 12.1 Å². The molecule has 6 nitrogen and oxygen atoms in total. The molecule has 5 heterocycles. The average Bonchev–Trinajstić information content (AvgIpc) is 3.83. The number of ether oxygens (including phenoxy) is 2. The van der Waals surface area contributed by atoms with Crippen molar-refractivity contribution >= 4 is 79.2 Å². The van der Waals surface area contributed by atoms with Crippen LogP contribution in [0.1, 0.15) is 38.3 Å². The van der Waals surface area contributed by atoms with E-state index in [1.54, 1.807) is 0 Å². The van der Waals surface area contributed by atoms with Crippen LogP contribution in [0, 0.1) is 6.92 Å². The minimum absolute atomic E-state index is 0.0712. The topological polar surface area (TPSA) is 51.2 Å². The second-order valence-corrected chi connectivity index (χ2v) is 17.6. The van der Waals surface area contributed by atoms with Gasteiger partial charge in [-0.15, -0.1) is 0 Å². The fourth-order valence-corrected chi connectivity index (χ4v) is 9.68. The number of aryl methyl sites for hydroxylation is 1. The Labute approximate surface area is 355 Å². The molecule has 2 aromatic heterocycles. The van der Waals surface area contributed by atoms with Crippen molar-refractivity contribution in [3.05, 3.63) is 163 Å². The number of hydrogen-bond acceptors (Lipinski definition) is 6. The van der Waals surface area contributed by atoms with Crippen molar-refractivity contribution in [3.63, 3.8) is 0 Å². The monoisotopic (exact) mass is 794 g/mol. The molecule has 0 unspecified atom stereocenters. The SMILES string of the molecule is Cc1cc2c3c(c1)N(c1cccc4c1OCCCO4)c1ccc(C(C)(C)C)cc1B3c1cc(-c3cc4ccccc4o3)ccc1N2c1ccc(-c2cc3ccccc3o2)cc1. The number of benzene rings is 7. The Kier molecular flexibility index (Phi) is 7.89. The molecule has 7 aromatic carbocycles. The summed E-state index contributed by atoms with van der Waals surface area (Å²) in [6, 6.07) is 54.5. The van der Waals surface area contributed by atoms with Gasteiger partial charge in [-0.1, -0.05) is 81.4 Å². The summed E-state index contributed by atoms with van der Waals surface area (Å²) in [4.78, 5) is 4.87. The maximum Gasteiger partial charge on any atom is 0.252 e. The molecular weight excluding hydrogens is 751 g/mol. The van der Waals surface area contributed by atoms with E-state index >= 15 is 0 Å². The normalized spacial score (nSPS) is 14.2. The smallest absolute Gasteiger partial charge is 0.252 e. The van der Waals surface area contributed by atoms with Gasteiger partial charge in [-0.2, -0.15) is 0 Å². The summed E-state index contributed by atoms with van der Waals surface area (Å²) >= 11 is 0. The minimum Gasteiger partial charge on any atom is -0.489 e. The molecule has 0 bridgehead atoms. The predicted octanol–water partition coefficient (Wildman–Crippen LogP) is 12.4. The number of hydrogen-bond donors (Lipinski definition) is 0. The second kappa shape index (κ2) is 13.4. The van der Waals surface area contributed by atoms with Gasteiger partial charge in [0.2, 0.25) is 0 Å². The Morgan fingerprint density at radius 3 is 1.87 bits per heavy atom. The number of anilines is 6. The van der Waals surface area contributed by atoms with Crippen LogP contribution in [0.3, 0.4) is 0 Å². The van der Waals surface area contributed by atoms with Gasteiger partial charge in [0.05, 0.1) is 18.9 Å². The number of fused-ring (bicyclic) bond motifs is 7. The van der Waals surface area contributed by atoms with Crippen LogP contribution in [-0.4, -0.2) is 19.9 Å². The van der Waals surface area contributed by atoms with E-state index in [4.69, 9.17) is 18.3 Å². The number of rotatable bonds is 4. The quantitative estimate of drug-likeness (QED) is 0.165. The molecule has 0 aliphatic carbocycles. The first-order chi connectivity index (χ1) is 29.8. The standard InChI is InChI=1S/C54H43BN2O4/c1-33-27-45-52-46(28-33)57(44-13-9-16-49-53(44)59-26-10-25-58-49)43-24-20-38(54(2,3)4)32-41(43)55(52)40-29-37(51-31-36-12-6-8-15-48(36)61-51)19-23-42(40)56(45)39-21-17-34(18-22-39)50-30-35-11-5-7-14-47(35)60-50/h5-9,11-24,27-32H,10,25-26H2,1-4H3. The summed E-state index contributed by atoms with van der Waals surface area (Å²) < 4.78 is 25.7. The first-order valence-electron chi connectivity index (χ1n) is 21.3. The maximum atomic E-state index is 6.58. The third-order valence-electron chi connectivity index (χ3n) is 12.6. The Hall–Kier alpha value is -7.12. The highest BCUT2D eigenvalue weighted by molar-refractivity contribution is 7.00. The molecule has 3 aliphatic rings. The van der Waals surface area contributed by atoms with Gasteiger partial charge < -0.3 is 28.1 Å². The predicted molar refractivity (Wildman–Crippen MR) is 250 cm³/mol. The lowest BCUT2D eigenvalue weighted by Crippen LogP contribution is -2.61. The zero-order valence-corrected chi connectivity index (χ0v) is 34.7. The fraction of sp³-hybridized carbons (Fsp3) is 0.148. The highest BCUT2D eigenvalue weighted by Crippen LogP contribution is 2.50. The van der Waals surface area contributed by atoms with Gasteiger partial charge in [-0.3, -0.25) is 0 Å². The maximum absolute atomic E-state index is 6.58. The van der Waals surface area contributed by atoms with Crippen LogP contribution in [0.25, 0.3) is 44.6 Å². The van der Waals surface area contributed by atoms with Crippen LogP contribution in [-0.2, 0) is 5.41 Å². The van der Waals surface area contributed by atoms with E-state index < -0.39 is 0 Å². The number of furan rings is 2. The van der Waals surface area contributed by atoms with E-state index in [2.05, 4.69) is 153 Å². The fourth-order valence-electron chi connectivity index (χ4n) is 9.68. The van der Waals surface area contributed by atoms with Crippen molar-refractivity contribution in [1.82, 2.24) is 0 Å². The van der Waals surface area contributed by atoms with Crippen molar-refractivity contribution in [1.29, 1.82) is 0 Å². The first kappa shape index (κ1) is 35.8. The van der Waals surface area contributed by atoms with Crippen LogP contribution >= 0.6 is 0 Å². The van der Waals surface area contributed by atoms with E-state index in [0.717, 1.165) is 102 Å². The molecule has 61 heavy (non-hydrogen) atoms. The van der Waals surface area contributed by atoms with Crippen LogP contribution in [0.4, 0.5) is 34.1 Å². The molecule has 0 fully saturated rings. The summed E-state index contributed by atoms with van der Waals surface area (Å²) in [5.41, 5.74) is 16.5. The lowest BCUT2D eigenvalue weighted by Gasteiger charge is -2.45. The van der Waals surface area contributed by atoms with Crippen LogP contribution in [0.15, 0.2) is 160 Å². The first-order valence-corrected chi connectivity index (χ1v) is 21.3. The largest absolute Gasteiger partial charge is 0.489 e. The molecule has 9 aromatic rings. The van der Waals surface area contributed by atoms with Crippen LogP contribution < -0.4 is 35.7 Å². The van der Waals surface area contributed by atoms with Gasteiger partial charge in [0.25, 0.3) is 6.71 Å². The molecular formula is C54H43BN2O4. The van der Waals surface area contributed by atoms with Gasteiger partial charge in [-0.25, -0.2) is 0 Å². The Bertz CT molecular complexity index is 3140. The lowest BCUT2D eigenvalue weighted by molar-refractivity contribution is 0.297. The molecule has 0 spiro atoms. The van der Waals surface area contributed by atoms with Gasteiger partial charge in [0.1, 0.15) is 22.7 Å². The molecule has 0 N–H and O–H groups in total. The van der Waals surface area contributed by atoms with E-state index in [9.17, 15) is 0 Å². The molecule has 0 atom stereocenters. The van der Waals surface area contributed by atoms with Crippen molar-refractivity contribution in [2.45, 2.75) is 39.5 Å². The highest BCUT2D eigenvalue weighted by Gasteiger charge is 2.45. The van der Waals surface area contributed by atoms with Crippen molar-refractivity contribution in [2.24, 2.45) is 0 Å². The Morgan fingerprint density at radius 2 is 1.15 bits per heavy atom. The van der Waals surface area contributed by atoms with Crippen LogP contribution in [0.2, 0.25) is 0 Å². The summed E-state index contributed by atoms with van der Waals surface area (Å²) in [7, 11) is 0. The van der Waals surface area contributed by atoms with Gasteiger partial charge in [0, 0.05) is 56.8 Å². The van der Waals surface area contributed by atoms with Crippen molar-refractivity contribution in [3.8, 4) is 34.1 Å². The molecule has 0 amide bonds. The molecule has 0 saturated carbocycles. The third-order valence-corrected chi connectivity index (χ3v) is 12.6. The van der Waals surface area contributed by atoms with E-state index in [0.29, 0.717) is 13.2 Å². The third kappa shape index (κ3) is 5.71. The van der Waals surface area contributed by atoms with E-state index in [1.807, 2.05) is 36.4 Å². The Morgan fingerprint density at radius 1 is 0.525 bits per heavy atom. The minimum atomic E-state index is -0.0796. The zero-order valence-electron chi connectivity index (χ0n) is 34.7. The molecule has 296 valence electrons. The summed E-state index contributed by atoms with van der Waals surface area (Å²) in [6.45, 7) is 10.2. The number of para-hydroxylation sites is 3. The zero-order chi connectivity index (χ0) is 41.0. The van der Waals surface area contributed by atoms with Gasteiger partial charge >= 0.3 is 0 Å². The van der Waals surface area contributed by atoms with Crippen molar-refractivity contribution in [2.75, 3.05) is 23.0 Å². The number of nitrogens with zero attached hydrogens (tertiary/aromatic N) is 2.